The van der Waals surface area contributed by atoms with Gasteiger partial charge in [0, 0.05) is 43.4 Å². The number of aliphatic carboxylic acids is 3. The number of para-hydroxylation sites is 2. The molecule has 0 aliphatic carbocycles. The van der Waals surface area contributed by atoms with Crippen molar-refractivity contribution >= 4 is 28.8 Å². The fourth-order valence-corrected chi connectivity index (χ4v) is 4.83. The lowest BCUT2D eigenvalue weighted by atomic mass is 9.96. The van der Waals surface area contributed by atoms with Gasteiger partial charge >= 0.3 is 17.9 Å². The van der Waals surface area contributed by atoms with Crippen LogP contribution in [0.5, 0.6) is 11.5 Å². The zero-order chi connectivity index (χ0) is 30.7. The molecule has 1 atom stereocenters. The van der Waals surface area contributed by atoms with Crippen LogP contribution in [0, 0.1) is 0 Å². The number of ether oxygens (including phenoxy) is 3. The Morgan fingerprint density at radius 1 is 0.952 bits per heavy atom. The van der Waals surface area contributed by atoms with Gasteiger partial charge in [-0.05, 0) is 36.6 Å². The number of nitrogens with zero attached hydrogens (tertiary/aromatic N) is 2. The van der Waals surface area contributed by atoms with Gasteiger partial charge in [0.1, 0.15) is 0 Å². The molecule has 1 aliphatic rings. The van der Waals surface area contributed by atoms with E-state index in [4.69, 9.17) is 34.6 Å². The van der Waals surface area contributed by atoms with Crippen molar-refractivity contribution < 1.29 is 49.0 Å². The van der Waals surface area contributed by atoms with Crippen LogP contribution >= 0.6 is 0 Å². The first-order chi connectivity index (χ1) is 20.1. The number of rotatable bonds is 13. The number of hydrogen-bond donors (Lipinski definition) is 4. The SMILES string of the molecule is COc1cccc(CN(Cc2ccnc3ccccc23)CC2CCCO2)c1OC.O=C(O)CC(O)(CC(=O)O)C(=O)O. The summed E-state index contributed by atoms with van der Waals surface area (Å²) in [4.78, 5) is 37.4. The van der Waals surface area contributed by atoms with E-state index in [-0.39, 0.29) is 6.10 Å². The summed E-state index contributed by atoms with van der Waals surface area (Å²) < 4.78 is 17.1. The summed E-state index contributed by atoms with van der Waals surface area (Å²) in [5, 5.41) is 35.0. The predicted molar refractivity (Wildman–Crippen MR) is 151 cm³/mol. The second-order valence-corrected chi connectivity index (χ2v) is 9.92. The Balaban J connectivity index is 0.000000316. The third-order valence-electron chi connectivity index (χ3n) is 6.78. The first-order valence-corrected chi connectivity index (χ1v) is 13.3. The number of pyridine rings is 1. The maximum absolute atomic E-state index is 10.3. The van der Waals surface area contributed by atoms with Gasteiger partial charge < -0.3 is 34.6 Å². The highest BCUT2D eigenvalue weighted by Gasteiger charge is 2.40. The summed E-state index contributed by atoms with van der Waals surface area (Å²) in [6, 6.07) is 16.5. The van der Waals surface area contributed by atoms with E-state index < -0.39 is 36.4 Å². The quantitative estimate of drug-likeness (QED) is 0.231. The summed E-state index contributed by atoms with van der Waals surface area (Å²) in [5.41, 5.74) is 0.678. The van der Waals surface area contributed by atoms with E-state index in [0.717, 1.165) is 61.7 Å². The van der Waals surface area contributed by atoms with Crippen LogP contribution in [0.25, 0.3) is 10.9 Å². The molecule has 4 N–H and O–H groups in total. The number of aliphatic hydroxyl groups is 1. The van der Waals surface area contributed by atoms with Gasteiger partial charge in [-0.2, -0.15) is 0 Å². The van der Waals surface area contributed by atoms with Gasteiger partial charge in [0.05, 0.1) is 38.7 Å². The lowest BCUT2D eigenvalue weighted by Crippen LogP contribution is -2.42. The van der Waals surface area contributed by atoms with Crippen molar-refractivity contribution in [1.82, 2.24) is 9.88 Å². The maximum atomic E-state index is 10.3. The zero-order valence-corrected chi connectivity index (χ0v) is 23.6. The van der Waals surface area contributed by atoms with Crippen molar-refractivity contribution in [3.05, 3.63) is 65.9 Å². The summed E-state index contributed by atoms with van der Waals surface area (Å²) in [7, 11) is 3.37. The molecule has 226 valence electrons. The van der Waals surface area contributed by atoms with Crippen LogP contribution in [0.3, 0.4) is 0 Å². The average Bonchev–Trinajstić information content (AvgIpc) is 3.45. The van der Waals surface area contributed by atoms with Crippen LogP contribution < -0.4 is 9.47 Å². The van der Waals surface area contributed by atoms with Crippen molar-refractivity contribution in [1.29, 1.82) is 0 Å². The third-order valence-corrected chi connectivity index (χ3v) is 6.78. The van der Waals surface area contributed by atoms with Crippen molar-refractivity contribution in [2.24, 2.45) is 0 Å². The summed E-state index contributed by atoms with van der Waals surface area (Å²) >= 11 is 0. The van der Waals surface area contributed by atoms with Gasteiger partial charge in [0.25, 0.3) is 0 Å². The molecule has 3 aromatic rings. The molecule has 0 amide bonds. The normalized spacial score (nSPS) is 14.7. The Hall–Kier alpha value is -4.26. The summed E-state index contributed by atoms with van der Waals surface area (Å²) in [6.45, 7) is 3.33. The molecule has 0 saturated carbocycles. The van der Waals surface area contributed by atoms with E-state index in [1.54, 1.807) is 14.2 Å². The van der Waals surface area contributed by atoms with Crippen molar-refractivity contribution in [2.75, 3.05) is 27.4 Å². The van der Waals surface area contributed by atoms with Crippen LogP contribution in [0.1, 0.15) is 36.8 Å². The van der Waals surface area contributed by atoms with E-state index in [1.807, 2.05) is 24.4 Å². The average molecular weight is 585 g/mol. The number of hydrogen-bond acceptors (Lipinski definition) is 9. The number of carbonyl (C=O) groups is 3. The summed E-state index contributed by atoms with van der Waals surface area (Å²) in [6.07, 6.45) is 2.14. The Labute approximate surface area is 243 Å². The third kappa shape index (κ3) is 8.87. The highest BCUT2D eigenvalue weighted by molar-refractivity contribution is 5.88. The number of aromatic nitrogens is 1. The molecular weight excluding hydrogens is 548 g/mol. The second-order valence-electron chi connectivity index (χ2n) is 9.92. The lowest BCUT2D eigenvalue weighted by molar-refractivity contribution is -0.170. The minimum absolute atomic E-state index is 0.278. The second kappa shape index (κ2) is 15.1. The largest absolute Gasteiger partial charge is 0.493 e. The van der Waals surface area contributed by atoms with Crippen molar-refractivity contribution in [3.8, 4) is 11.5 Å². The maximum Gasteiger partial charge on any atom is 0.336 e. The minimum Gasteiger partial charge on any atom is -0.493 e. The van der Waals surface area contributed by atoms with E-state index in [1.165, 1.54) is 10.9 Å². The monoisotopic (exact) mass is 584 g/mol. The van der Waals surface area contributed by atoms with Crippen molar-refractivity contribution in [2.45, 2.75) is 50.5 Å². The zero-order valence-electron chi connectivity index (χ0n) is 23.6. The highest BCUT2D eigenvalue weighted by Crippen LogP contribution is 2.32. The molecule has 0 radical (unpaired) electrons. The number of carboxylic acids is 3. The molecule has 12 heteroatoms. The lowest BCUT2D eigenvalue weighted by Gasteiger charge is -2.27. The fraction of sp³-hybridized carbons (Fsp3) is 0.400. The number of benzene rings is 2. The first kappa shape index (κ1) is 32.3. The molecule has 1 saturated heterocycles. The molecule has 1 unspecified atom stereocenters. The van der Waals surface area contributed by atoms with Gasteiger partial charge in [-0.15, -0.1) is 0 Å². The summed E-state index contributed by atoms with van der Waals surface area (Å²) in [5.74, 6) is -3.46. The predicted octanol–water partition coefficient (Wildman–Crippen LogP) is 3.18. The molecule has 2 heterocycles. The van der Waals surface area contributed by atoms with Gasteiger partial charge in [-0.25, -0.2) is 4.79 Å². The Morgan fingerprint density at radius 3 is 2.24 bits per heavy atom. The van der Waals surface area contributed by atoms with E-state index in [2.05, 4.69) is 40.2 Å². The molecule has 2 aromatic carbocycles. The van der Waals surface area contributed by atoms with Crippen LogP contribution in [-0.4, -0.2) is 87.3 Å². The smallest absolute Gasteiger partial charge is 0.336 e. The van der Waals surface area contributed by atoms with Crippen LogP contribution in [0.2, 0.25) is 0 Å². The van der Waals surface area contributed by atoms with Crippen LogP contribution in [-0.2, 0) is 32.2 Å². The number of carboxylic acid groups (broad SMARTS) is 3. The minimum atomic E-state index is -2.74. The van der Waals surface area contributed by atoms with E-state index >= 15 is 0 Å². The molecular formula is C30H36N2O10. The highest BCUT2D eigenvalue weighted by atomic mass is 16.5. The Bertz CT molecular complexity index is 1350. The van der Waals surface area contributed by atoms with Gasteiger partial charge in [0.15, 0.2) is 17.1 Å². The van der Waals surface area contributed by atoms with Crippen molar-refractivity contribution in [3.63, 3.8) is 0 Å². The molecule has 0 bridgehead atoms. The molecule has 12 nitrogen and oxygen atoms in total. The van der Waals surface area contributed by atoms with Gasteiger partial charge in [-0.1, -0.05) is 30.3 Å². The van der Waals surface area contributed by atoms with Gasteiger partial charge in [0.2, 0.25) is 0 Å². The van der Waals surface area contributed by atoms with Crippen LogP contribution in [0.4, 0.5) is 0 Å². The first-order valence-electron chi connectivity index (χ1n) is 13.3. The molecule has 1 aliphatic heterocycles. The molecule has 1 fully saturated rings. The number of methoxy groups -OCH3 is 2. The van der Waals surface area contributed by atoms with Gasteiger partial charge in [-0.3, -0.25) is 19.5 Å². The molecule has 42 heavy (non-hydrogen) atoms. The Kier molecular flexibility index (Phi) is 11.6. The Morgan fingerprint density at radius 2 is 1.64 bits per heavy atom. The van der Waals surface area contributed by atoms with E-state index in [9.17, 15) is 14.4 Å². The van der Waals surface area contributed by atoms with E-state index in [0.29, 0.717) is 0 Å². The molecule has 1 aromatic heterocycles. The molecule has 4 rings (SSSR count). The standard InChI is InChI=1S/C24H28N2O3.C6H8O7/c1-27-23-11-5-7-19(24(23)28-2)16-26(17-20-8-6-14-29-20)15-18-12-13-25-22-10-4-3-9-21(18)22;7-3(8)1-6(13,5(11)12)2-4(9)10/h3-5,7,9-13,20H,6,8,14-17H2,1-2H3;13H,1-2H2,(H,7,8)(H,9,10)(H,11,12). The number of fused-ring (bicyclic) bond motifs is 1. The van der Waals surface area contributed by atoms with Crippen LogP contribution in [0.15, 0.2) is 54.7 Å². The molecule has 0 spiro atoms. The fourth-order valence-electron chi connectivity index (χ4n) is 4.83. The topological polar surface area (TPSA) is 176 Å².